The van der Waals surface area contributed by atoms with Crippen molar-refractivity contribution in [3.63, 3.8) is 0 Å². The highest BCUT2D eigenvalue weighted by atomic mass is 35.5. The van der Waals surface area contributed by atoms with Crippen molar-refractivity contribution in [2.45, 2.75) is 26.8 Å². The first-order valence-electron chi connectivity index (χ1n) is 7.16. The standard InChI is InChI=1S/C16H20ClN3OS.ClH/c1-9(8-18)15(21)19-10(2)16-20-14(11(3)22-16)12-4-6-13(17)7-5-12;/h4-7,9-10H,8,18H2,1-3H3,(H,19,21);1H. The Hall–Kier alpha value is -1.14. The predicted molar refractivity (Wildman–Crippen MR) is 99.3 cm³/mol. The van der Waals surface area contributed by atoms with Gasteiger partial charge in [-0.3, -0.25) is 4.79 Å². The Bertz CT molecular complexity index is 658. The van der Waals surface area contributed by atoms with Crippen molar-refractivity contribution in [2.75, 3.05) is 6.54 Å². The first kappa shape index (κ1) is 19.9. The zero-order valence-electron chi connectivity index (χ0n) is 13.3. The van der Waals surface area contributed by atoms with Gasteiger partial charge < -0.3 is 11.1 Å². The topological polar surface area (TPSA) is 68.0 Å². The summed E-state index contributed by atoms with van der Waals surface area (Å²) in [5.74, 6) is -0.241. The minimum atomic E-state index is -0.195. The molecule has 7 heteroatoms. The average molecular weight is 374 g/mol. The maximum atomic E-state index is 11.9. The van der Waals surface area contributed by atoms with Crippen LogP contribution in [0.4, 0.5) is 0 Å². The fraction of sp³-hybridized carbons (Fsp3) is 0.375. The smallest absolute Gasteiger partial charge is 0.224 e. The Balaban J connectivity index is 0.00000264. The molecule has 0 aliphatic carbocycles. The molecule has 0 saturated carbocycles. The number of carbonyl (C=O) groups is 1. The summed E-state index contributed by atoms with van der Waals surface area (Å²) in [5.41, 5.74) is 7.48. The minimum absolute atomic E-state index is 0. The SMILES string of the molecule is Cc1sc(C(C)NC(=O)C(C)CN)nc1-c1ccc(Cl)cc1.Cl. The van der Waals surface area contributed by atoms with Gasteiger partial charge in [-0.2, -0.15) is 0 Å². The molecule has 0 aliphatic rings. The molecule has 0 saturated heterocycles. The van der Waals surface area contributed by atoms with Crippen molar-refractivity contribution >= 4 is 41.3 Å². The summed E-state index contributed by atoms with van der Waals surface area (Å²) in [5, 5.41) is 4.55. The first-order valence-corrected chi connectivity index (χ1v) is 8.35. The monoisotopic (exact) mass is 373 g/mol. The molecule has 0 bridgehead atoms. The number of amides is 1. The third kappa shape index (κ3) is 4.91. The van der Waals surface area contributed by atoms with Gasteiger partial charge in [-0.1, -0.05) is 30.7 Å². The van der Waals surface area contributed by atoms with Gasteiger partial charge in [0.2, 0.25) is 5.91 Å². The Morgan fingerprint density at radius 2 is 1.96 bits per heavy atom. The van der Waals surface area contributed by atoms with Gasteiger partial charge in [-0.15, -0.1) is 23.7 Å². The second kappa shape index (κ2) is 8.64. The molecular formula is C16H21Cl2N3OS. The molecule has 3 N–H and O–H groups in total. The van der Waals surface area contributed by atoms with E-state index < -0.39 is 0 Å². The van der Waals surface area contributed by atoms with E-state index in [0.29, 0.717) is 11.6 Å². The number of benzene rings is 1. The molecule has 2 atom stereocenters. The molecule has 2 aromatic rings. The fourth-order valence-electron chi connectivity index (χ4n) is 2.00. The van der Waals surface area contributed by atoms with E-state index in [1.807, 2.05) is 45.0 Å². The number of hydrogen-bond acceptors (Lipinski definition) is 4. The van der Waals surface area contributed by atoms with Crippen LogP contribution in [0.3, 0.4) is 0 Å². The molecule has 126 valence electrons. The molecule has 0 radical (unpaired) electrons. The molecule has 1 amide bonds. The Labute approximate surface area is 151 Å². The molecular weight excluding hydrogens is 353 g/mol. The molecule has 0 fully saturated rings. The number of thiazole rings is 1. The van der Waals surface area contributed by atoms with Crippen molar-refractivity contribution < 1.29 is 4.79 Å². The number of hydrogen-bond donors (Lipinski definition) is 2. The van der Waals surface area contributed by atoms with Crippen LogP contribution in [0, 0.1) is 12.8 Å². The van der Waals surface area contributed by atoms with E-state index in [9.17, 15) is 4.79 Å². The Kier molecular flexibility index (Phi) is 7.48. The molecule has 4 nitrogen and oxygen atoms in total. The van der Waals surface area contributed by atoms with Gasteiger partial charge >= 0.3 is 0 Å². The lowest BCUT2D eigenvalue weighted by Gasteiger charge is -2.14. The quantitative estimate of drug-likeness (QED) is 0.832. The van der Waals surface area contributed by atoms with Crippen LogP contribution in [-0.2, 0) is 4.79 Å². The Morgan fingerprint density at radius 1 is 1.35 bits per heavy atom. The number of nitrogens with two attached hydrogens (primary N) is 1. The molecule has 23 heavy (non-hydrogen) atoms. The van der Waals surface area contributed by atoms with Crippen molar-refractivity contribution in [1.82, 2.24) is 10.3 Å². The van der Waals surface area contributed by atoms with Crippen LogP contribution >= 0.6 is 35.3 Å². The number of halogens is 2. The lowest BCUT2D eigenvalue weighted by Crippen LogP contribution is -2.34. The lowest BCUT2D eigenvalue weighted by atomic mass is 10.1. The van der Waals surface area contributed by atoms with E-state index in [4.69, 9.17) is 17.3 Å². The van der Waals surface area contributed by atoms with Gasteiger partial charge in [-0.05, 0) is 26.0 Å². The van der Waals surface area contributed by atoms with Crippen LogP contribution in [0.5, 0.6) is 0 Å². The van der Waals surface area contributed by atoms with E-state index in [0.717, 1.165) is 21.1 Å². The number of nitrogens with zero attached hydrogens (tertiary/aromatic N) is 1. The van der Waals surface area contributed by atoms with E-state index >= 15 is 0 Å². The van der Waals surface area contributed by atoms with Gasteiger partial charge in [-0.25, -0.2) is 4.98 Å². The van der Waals surface area contributed by atoms with Crippen LogP contribution in [0.1, 0.15) is 29.8 Å². The van der Waals surface area contributed by atoms with Crippen molar-refractivity contribution in [2.24, 2.45) is 11.7 Å². The number of carbonyl (C=O) groups excluding carboxylic acids is 1. The highest BCUT2D eigenvalue weighted by Crippen LogP contribution is 2.31. The number of aryl methyl sites for hydroxylation is 1. The zero-order valence-corrected chi connectivity index (χ0v) is 15.7. The molecule has 2 unspecified atom stereocenters. The van der Waals surface area contributed by atoms with Gasteiger partial charge in [0, 0.05) is 27.9 Å². The van der Waals surface area contributed by atoms with Crippen molar-refractivity contribution in [3.05, 3.63) is 39.2 Å². The number of aromatic nitrogens is 1. The maximum Gasteiger partial charge on any atom is 0.224 e. The van der Waals surface area contributed by atoms with Crippen LogP contribution in [0.25, 0.3) is 11.3 Å². The third-order valence-corrected chi connectivity index (χ3v) is 4.87. The molecule has 2 rings (SSSR count). The third-order valence-electron chi connectivity index (χ3n) is 3.46. The number of nitrogens with one attached hydrogen (secondary N) is 1. The van der Waals surface area contributed by atoms with Crippen LogP contribution < -0.4 is 11.1 Å². The van der Waals surface area contributed by atoms with E-state index in [2.05, 4.69) is 10.3 Å². The number of rotatable bonds is 5. The molecule has 1 aromatic carbocycles. The highest BCUT2D eigenvalue weighted by molar-refractivity contribution is 7.12. The van der Waals surface area contributed by atoms with E-state index in [-0.39, 0.29) is 30.3 Å². The summed E-state index contributed by atoms with van der Waals surface area (Å²) < 4.78 is 0. The molecule has 1 heterocycles. The summed E-state index contributed by atoms with van der Waals surface area (Å²) >= 11 is 7.51. The summed E-state index contributed by atoms with van der Waals surface area (Å²) in [7, 11) is 0. The summed E-state index contributed by atoms with van der Waals surface area (Å²) in [4.78, 5) is 17.7. The zero-order chi connectivity index (χ0) is 16.3. The predicted octanol–water partition coefficient (Wildman–Crippen LogP) is 3.97. The minimum Gasteiger partial charge on any atom is -0.347 e. The van der Waals surface area contributed by atoms with Gasteiger partial charge in [0.25, 0.3) is 0 Å². The van der Waals surface area contributed by atoms with Gasteiger partial charge in [0.15, 0.2) is 0 Å². The van der Waals surface area contributed by atoms with Crippen LogP contribution in [0.2, 0.25) is 5.02 Å². The second-order valence-electron chi connectivity index (χ2n) is 5.33. The lowest BCUT2D eigenvalue weighted by molar-refractivity contribution is -0.124. The molecule has 0 spiro atoms. The summed E-state index contributed by atoms with van der Waals surface area (Å²) in [6.07, 6.45) is 0. The van der Waals surface area contributed by atoms with Crippen LogP contribution in [-0.4, -0.2) is 17.4 Å². The maximum absolute atomic E-state index is 11.9. The van der Waals surface area contributed by atoms with Gasteiger partial charge in [0.05, 0.1) is 11.7 Å². The highest BCUT2D eigenvalue weighted by Gasteiger charge is 2.19. The second-order valence-corrected chi connectivity index (χ2v) is 7.00. The first-order chi connectivity index (χ1) is 10.4. The van der Waals surface area contributed by atoms with E-state index in [1.54, 1.807) is 11.3 Å². The van der Waals surface area contributed by atoms with E-state index in [1.165, 1.54) is 0 Å². The summed E-state index contributed by atoms with van der Waals surface area (Å²) in [6, 6.07) is 7.47. The largest absolute Gasteiger partial charge is 0.347 e. The Morgan fingerprint density at radius 3 is 2.52 bits per heavy atom. The van der Waals surface area contributed by atoms with Crippen molar-refractivity contribution in [3.8, 4) is 11.3 Å². The average Bonchev–Trinajstić information content (AvgIpc) is 2.89. The van der Waals surface area contributed by atoms with Gasteiger partial charge in [0.1, 0.15) is 5.01 Å². The summed E-state index contributed by atoms with van der Waals surface area (Å²) in [6.45, 7) is 6.12. The fourth-order valence-corrected chi connectivity index (χ4v) is 3.07. The normalized spacial score (nSPS) is 13.1. The molecule has 0 aliphatic heterocycles. The van der Waals surface area contributed by atoms with Crippen molar-refractivity contribution in [1.29, 1.82) is 0 Å². The van der Waals surface area contributed by atoms with Crippen LogP contribution in [0.15, 0.2) is 24.3 Å². The molecule has 1 aromatic heterocycles.